The highest BCUT2D eigenvalue weighted by Gasteiger charge is 2.34. The third-order valence-corrected chi connectivity index (χ3v) is 7.96. The maximum absolute atomic E-state index is 13.5. The number of oxazole rings is 1. The van der Waals surface area contributed by atoms with E-state index in [-0.39, 0.29) is 24.1 Å². The Morgan fingerprint density at radius 2 is 1.78 bits per heavy atom. The summed E-state index contributed by atoms with van der Waals surface area (Å²) >= 11 is 0. The molecule has 1 aliphatic heterocycles. The SMILES string of the molecule is Cc1coc(C2CCCN2C(=O)c2cccc(C(=O)NC(C)C(O)C(NCc3cccc(C(F)(F)F)c3)c3ccccc3)c2)n1. The fourth-order valence-corrected chi connectivity index (χ4v) is 5.60. The van der Waals surface area contributed by atoms with Crippen molar-refractivity contribution in [3.63, 3.8) is 0 Å². The van der Waals surface area contributed by atoms with Crippen molar-refractivity contribution < 1.29 is 32.3 Å². The number of carbonyl (C=O) groups excluding carboxylic acids is 2. The molecule has 8 nitrogen and oxygen atoms in total. The number of halogens is 3. The Labute approximate surface area is 259 Å². The smallest absolute Gasteiger partial charge is 0.416 e. The van der Waals surface area contributed by atoms with Crippen LogP contribution in [0.1, 0.15) is 80.8 Å². The number of aliphatic hydroxyl groups is 1. The molecular weight excluding hydrogens is 585 g/mol. The molecule has 1 saturated heterocycles. The molecule has 2 amide bonds. The van der Waals surface area contributed by atoms with Crippen molar-refractivity contribution in [1.82, 2.24) is 20.5 Å². The molecular formula is C34H35F3N4O4. The first-order chi connectivity index (χ1) is 21.5. The van der Waals surface area contributed by atoms with Gasteiger partial charge < -0.3 is 25.1 Å². The Hall–Kier alpha value is -4.48. The van der Waals surface area contributed by atoms with Crippen LogP contribution in [0.3, 0.4) is 0 Å². The van der Waals surface area contributed by atoms with E-state index >= 15 is 0 Å². The predicted octanol–water partition coefficient (Wildman–Crippen LogP) is 5.99. The Kier molecular flexibility index (Phi) is 9.69. The number of hydrogen-bond donors (Lipinski definition) is 3. The van der Waals surface area contributed by atoms with Crippen LogP contribution in [0.4, 0.5) is 13.2 Å². The maximum atomic E-state index is 13.5. The highest BCUT2D eigenvalue weighted by Crippen LogP contribution is 2.33. The van der Waals surface area contributed by atoms with E-state index in [1.165, 1.54) is 12.1 Å². The molecule has 45 heavy (non-hydrogen) atoms. The normalized spacial score (nSPS) is 17.1. The van der Waals surface area contributed by atoms with E-state index in [1.54, 1.807) is 66.6 Å². The van der Waals surface area contributed by atoms with E-state index in [0.29, 0.717) is 29.1 Å². The van der Waals surface area contributed by atoms with Gasteiger partial charge in [0.2, 0.25) is 5.89 Å². The number of aliphatic hydroxyl groups excluding tert-OH is 1. The molecule has 2 heterocycles. The Morgan fingerprint density at radius 3 is 2.49 bits per heavy atom. The van der Waals surface area contributed by atoms with E-state index in [1.807, 2.05) is 13.0 Å². The molecule has 3 N–H and O–H groups in total. The lowest BCUT2D eigenvalue weighted by Crippen LogP contribution is -2.47. The lowest BCUT2D eigenvalue weighted by molar-refractivity contribution is -0.137. The number of amides is 2. The minimum absolute atomic E-state index is 0.0515. The van der Waals surface area contributed by atoms with Gasteiger partial charge in [-0.15, -0.1) is 0 Å². The number of alkyl halides is 3. The number of aryl methyl sites for hydroxylation is 1. The van der Waals surface area contributed by atoms with Gasteiger partial charge in [-0.2, -0.15) is 13.2 Å². The second-order valence-corrected chi connectivity index (χ2v) is 11.3. The van der Waals surface area contributed by atoms with Gasteiger partial charge in [-0.3, -0.25) is 9.59 Å². The lowest BCUT2D eigenvalue weighted by atomic mass is 9.96. The summed E-state index contributed by atoms with van der Waals surface area (Å²) in [4.78, 5) is 32.9. The van der Waals surface area contributed by atoms with Crippen LogP contribution in [-0.2, 0) is 12.7 Å². The van der Waals surface area contributed by atoms with Gasteiger partial charge in [0.25, 0.3) is 11.8 Å². The van der Waals surface area contributed by atoms with Crippen LogP contribution in [0.2, 0.25) is 0 Å². The van der Waals surface area contributed by atoms with Gasteiger partial charge in [-0.1, -0.05) is 54.6 Å². The van der Waals surface area contributed by atoms with Crippen LogP contribution in [0, 0.1) is 6.92 Å². The van der Waals surface area contributed by atoms with E-state index in [9.17, 15) is 27.9 Å². The Bertz CT molecular complexity index is 1620. The molecule has 0 radical (unpaired) electrons. The van der Waals surface area contributed by atoms with Gasteiger partial charge in [-0.05, 0) is 62.1 Å². The van der Waals surface area contributed by atoms with Crippen molar-refractivity contribution in [1.29, 1.82) is 0 Å². The van der Waals surface area contributed by atoms with Crippen LogP contribution in [0.15, 0.2) is 89.5 Å². The first-order valence-electron chi connectivity index (χ1n) is 14.8. The molecule has 236 valence electrons. The van der Waals surface area contributed by atoms with Gasteiger partial charge in [-0.25, -0.2) is 4.98 Å². The molecule has 0 spiro atoms. The maximum Gasteiger partial charge on any atom is 0.416 e. The molecule has 1 aliphatic rings. The molecule has 1 aromatic heterocycles. The number of benzene rings is 3. The van der Waals surface area contributed by atoms with Crippen LogP contribution >= 0.6 is 0 Å². The van der Waals surface area contributed by atoms with Gasteiger partial charge in [0.15, 0.2) is 0 Å². The van der Waals surface area contributed by atoms with Crippen molar-refractivity contribution in [2.24, 2.45) is 0 Å². The van der Waals surface area contributed by atoms with Crippen molar-refractivity contribution >= 4 is 11.8 Å². The Morgan fingerprint density at radius 1 is 1.04 bits per heavy atom. The fourth-order valence-electron chi connectivity index (χ4n) is 5.60. The summed E-state index contributed by atoms with van der Waals surface area (Å²) in [6.07, 6.45) is -2.54. The van der Waals surface area contributed by atoms with Crippen molar-refractivity contribution in [2.75, 3.05) is 6.54 Å². The Balaban J connectivity index is 1.28. The number of nitrogens with one attached hydrogen (secondary N) is 2. The zero-order valence-corrected chi connectivity index (χ0v) is 24.9. The first kappa shape index (κ1) is 31.9. The molecule has 11 heteroatoms. The molecule has 5 rings (SSSR count). The molecule has 4 atom stereocenters. The first-order valence-corrected chi connectivity index (χ1v) is 14.8. The topological polar surface area (TPSA) is 108 Å². The predicted molar refractivity (Wildman–Crippen MR) is 161 cm³/mol. The highest BCUT2D eigenvalue weighted by molar-refractivity contribution is 6.00. The standard InChI is InChI=1S/C34H35F3N4O4/c1-21-20-45-32(39-21)28-15-8-16-41(28)33(44)26-13-7-12-25(18-26)31(43)40-22(2)30(42)29(24-10-4-3-5-11-24)38-19-23-9-6-14-27(17-23)34(35,36)37/h3-7,9-14,17-18,20,22,28-30,38,42H,8,15-16,19H2,1-2H3,(H,40,43). The van der Waals surface area contributed by atoms with Gasteiger partial charge >= 0.3 is 6.18 Å². The van der Waals surface area contributed by atoms with E-state index in [2.05, 4.69) is 15.6 Å². The molecule has 0 aliphatic carbocycles. The molecule has 0 saturated carbocycles. The van der Waals surface area contributed by atoms with Gasteiger partial charge in [0.05, 0.1) is 29.4 Å². The average molecular weight is 621 g/mol. The largest absolute Gasteiger partial charge is 0.446 e. The van der Waals surface area contributed by atoms with Crippen molar-refractivity contribution in [3.8, 4) is 0 Å². The van der Waals surface area contributed by atoms with Gasteiger partial charge in [0.1, 0.15) is 12.3 Å². The summed E-state index contributed by atoms with van der Waals surface area (Å²) in [6, 6.07) is 18.6. The second-order valence-electron chi connectivity index (χ2n) is 11.3. The fraction of sp³-hybridized carbons (Fsp3) is 0.324. The summed E-state index contributed by atoms with van der Waals surface area (Å²) in [6.45, 7) is 4.06. The molecule has 3 aromatic carbocycles. The summed E-state index contributed by atoms with van der Waals surface area (Å²) in [5, 5.41) is 17.4. The third kappa shape index (κ3) is 7.61. The number of likely N-dealkylation sites (tertiary alicyclic amines) is 1. The van der Waals surface area contributed by atoms with E-state index < -0.39 is 35.8 Å². The quantitative estimate of drug-likeness (QED) is 0.201. The van der Waals surface area contributed by atoms with E-state index in [0.717, 1.165) is 30.7 Å². The van der Waals surface area contributed by atoms with Crippen molar-refractivity contribution in [3.05, 3.63) is 125 Å². The molecule has 1 fully saturated rings. The number of rotatable bonds is 10. The zero-order valence-electron chi connectivity index (χ0n) is 24.9. The number of nitrogens with zero attached hydrogens (tertiary/aromatic N) is 2. The summed E-state index contributed by atoms with van der Waals surface area (Å²) in [5.41, 5.74) is 1.67. The number of aromatic nitrogens is 1. The monoisotopic (exact) mass is 620 g/mol. The zero-order chi connectivity index (χ0) is 32.1. The minimum Gasteiger partial charge on any atom is -0.446 e. The summed E-state index contributed by atoms with van der Waals surface area (Å²) in [7, 11) is 0. The van der Waals surface area contributed by atoms with Crippen LogP contribution in [-0.4, -0.2) is 45.5 Å². The minimum atomic E-state index is -4.47. The van der Waals surface area contributed by atoms with Crippen molar-refractivity contribution in [2.45, 2.75) is 63.6 Å². The van der Waals surface area contributed by atoms with Gasteiger partial charge in [0, 0.05) is 24.2 Å². The molecule has 4 aromatic rings. The number of hydrogen-bond acceptors (Lipinski definition) is 6. The average Bonchev–Trinajstić information content (AvgIpc) is 3.70. The highest BCUT2D eigenvalue weighted by atomic mass is 19.4. The second kappa shape index (κ2) is 13.7. The van der Waals surface area contributed by atoms with Crippen LogP contribution in [0.25, 0.3) is 0 Å². The van der Waals surface area contributed by atoms with Crippen LogP contribution < -0.4 is 10.6 Å². The van der Waals surface area contributed by atoms with E-state index in [4.69, 9.17) is 4.42 Å². The summed E-state index contributed by atoms with van der Waals surface area (Å²) in [5.74, 6) is -0.231. The number of carbonyl (C=O) groups is 2. The third-order valence-electron chi connectivity index (χ3n) is 7.96. The molecule has 4 unspecified atom stereocenters. The summed E-state index contributed by atoms with van der Waals surface area (Å²) < 4.78 is 45.3. The lowest BCUT2D eigenvalue weighted by Gasteiger charge is -2.30. The molecule has 0 bridgehead atoms. The van der Waals surface area contributed by atoms with Crippen LogP contribution in [0.5, 0.6) is 0 Å².